The van der Waals surface area contributed by atoms with Gasteiger partial charge in [0.2, 0.25) is 0 Å². The molecule has 0 aliphatic carbocycles. The molecule has 0 spiro atoms. The van der Waals surface area contributed by atoms with Crippen LogP contribution in [0.3, 0.4) is 0 Å². The van der Waals surface area contributed by atoms with Gasteiger partial charge in [-0.1, -0.05) is 31.2 Å². The van der Waals surface area contributed by atoms with Crippen LogP contribution in [0.5, 0.6) is 0 Å². The summed E-state index contributed by atoms with van der Waals surface area (Å²) in [5.74, 6) is -0.173. The number of nitrogens with one attached hydrogen (secondary N) is 1. The summed E-state index contributed by atoms with van der Waals surface area (Å²) in [6.07, 6.45) is 3.96. The van der Waals surface area contributed by atoms with E-state index in [4.69, 9.17) is 4.74 Å². The summed E-state index contributed by atoms with van der Waals surface area (Å²) in [7, 11) is 4.11. The summed E-state index contributed by atoms with van der Waals surface area (Å²) in [6.45, 7) is 6.94. The van der Waals surface area contributed by atoms with Gasteiger partial charge in [-0.15, -0.1) is 0 Å². The van der Waals surface area contributed by atoms with E-state index in [-0.39, 0.29) is 16.8 Å². The third-order valence-electron chi connectivity index (χ3n) is 6.51. The topological polar surface area (TPSA) is 24.5 Å². The summed E-state index contributed by atoms with van der Waals surface area (Å²) >= 11 is 0. The second-order valence-corrected chi connectivity index (χ2v) is 8.85. The molecule has 4 heteroatoms. The molecule has 0 amide bonds. The highest BCUT2D eigenvalue weighted by Gasteiger charge is 2.43. The maximum absolute atomic E-state index is 13.5. The Bertz CT molecular complexity index is 774. The van der Waals surface area contributed by atoms with Crippen LogP contribution in [-0.4, -0.2) is 32.8 Å². The zero-order valence-electron chi connectivity index (χ0n) is 18.3. The van der Waals surface area contributed by atoms with E-state index in [9.17, 15) is 4.39 Å². The minimum Gasteiger partial charge on any atom is -0.378 e. The van der Waals surface area contributed by atoms with Gasteiger partial charge in [-0.3, -0.25) is 0 Å². The number of benzene rings is 2. The lowest BCUT2D eigenvalue weighted by Crippen LogP contribution is -2.46. The van der Waals surface area contributed by atoms with Crippen LogP contribution in [0.4, 0.5) is 10.1 Å². The Kier molecular flexibility index (Phi) is 6.97. The average Bonchev–Trinajstić information content (AvgIpc) is 2.72. The van der Waals surface area contributed by atoms with Gasteiger partial charge in [0.1, 0.15) is 5.82 Å². The smallest absolute Gasteiger partial charge is 0.123 e. The van der Waals surface area contributed by atoms with E-state index in [0.717, 1.165) is 45.4 Å². The van der Waals surface area contributed by atoms with Gasteiger partial charge in [-0.2, -0.15) is 0 Å². The predicted octanol–water partition coefficient (Wildman–Crippen LogP) is 5.29. The van der Waals surface area contributed by atoms with Crippen molar-refractivity contribution in [2.75, 3.05) is 32.1 Å². The van der Waals surface area contributed by atoms with E-state index in [1.165, 1.54) is 16.8 Å². The van der Waals surface area contributed by atoms with Crippen LogP contribution in [0.2, 0.25) is 0 Å². The van der Waals surface area contributed by atoms with E-state index in [1.54, 1.807) is 12.1 Å². The van der Waals surface area contributed by atoms with Crippen molar-refractivity contribution in [3.05, 3.63) is 65.5 Å². The molecule has 2 atom stereocenters. The van der Waals surface area contributed by atoms with Crippen molar-refractivity contribution in [1.29, 1.82) is 0 Å². The Labute approximate surface area is 175 Å². The van der Waals surface area contributed by atoms with Crippen molar-refractivity contribution in [3.63, 3.8) is 0 Å². The van der Waals surface area contributed by atoms with Crippen molar-refractivity contribution in [2.24, 2.45) is 0 Å². The van der Waals surface area contributed by atoms with Crippen LogP contribution >= 0.6 is 0 Å². The van der Waals surface area contributed by atoms with Crippen LogP contribution in [-0.2, 0) is 16.7 Å². The summed E-state index contributed by atoms with van der Waals surface area (Å²) < 4.78 is 19.7. The zero-order valence-corrected chi connectivity index (χ0v) is 18.3. The maximum Gasteiger partial charge on any atom is 0.123 e. The summed E-state index contributed by atoms with van der Waals surface area (Å²) in [5.41, 5.74) is 3.65. The standard InChI is InChI=1S/C25H35FN2O/c1-5-24(2)19-25(15-17-29-24,21-8-10-22(26)11-9-21)14-16-27-18-20-6-12-23(13-7-20)28(3)4/h6-13,27H,5,14-19H2,1-4H3/t24-,25+/m0/s1. The molecule has 1 aliphatic heterocycles. The second-order valence-electron chi connectivity index (χ2n) is 8.85. The fraction of sp³-hybridized carbons (Fsp3) is 0.520. The molecule has 0 radical (unpaired) electrons. The molecule has 3 nitrogen and oxygen atoms in total. The number of anilines is 1. The van der Waals surface area contributed by atoms with Crippen molar-refractivity contribution in [1.82, 2.24) is 5.32 Å². The molecule has 2 aromatic carbocycles. The third-order valence-corrected chi connectivity index (χ3v) is 6.51. The lowest BCUT2D eigenvalue weighted by atomic mass is 9.66. The van der Waals surface area contributed by atoms with Gasteiger partial charge in [0, 0.05) is 38.3 Å². The Hall–Kier alpha value is -1.91. The second kappa shape index (κ2) is 9.27. The minimum absolute atomic E-state index is 0.0263. The SMILES string of the molecule is CC[C@@]1(C)C[C@](CCNCc2ccc(N(C)C)cc2)(c2ccc(F)cc2)CCO1. The monoisotopic (exact) mass is 398 g/mol. The molecule has 3 rings (SSSR count). The van der Waals surface area contributed by atoms with E-state index >= 15 is 0 Å². The molecule has 0 saturated carbocycles. The van der Waals surface area contributed by atoms with Crippen molar-refractivity contribution in [2.45, 2.75) is 57.1 Å². The molecule has 0 unspecified atom stereocenters. The Balaban J connectivity index is 1.66. The van der Waals surface area contributed by atoms with Crippen LogP contribution < -0.4 is 10.2 Å². The predicted molar refractivity (Wildman–Crippen MR) is 119 cm³/mol. The van der Waals surface area contributed by atoms with Crippen LogP contribution in [0.15, 0.2) is 48.5 Å². The van der Waals surface area contributed by atoms with Crippen LogP contribution in [0.25, 0.3) is 0 Å². The van der Waals surface area contributed by atoms with Crippen molar-refractivity contribution in [3.8, 4) is 0 Å². The molecule has 29 heavy (non-hydrogen) atoms. The lowest BCUT2D eigenvalue weighted by molar-refractivity contribution is -0.0979. The van der Waals surface area contributed by atoms with Gasteiger partial charge < -0.3 is 15.0 Å². The number of ether oxygens (including phenoxy) is 1. The highest BCUT2D eigenvalue weighted by atomic mass is 19.1. The number of nitrogens with zero attached hydrogens (tertiary/aromatic N) is 1. The highest BCUT2D eigenvalue weighted by molar-refractivity contribution is 5.45. The molecule has 1 heterocycles. The Morgan fingerprint density at radius 2 is 1.76 bits per heavy atom. The number of hydrogen-bond acceptors (Lipinski definition) is 3. The Morgan fingerprint density at radius 1 is 1.07 bits per heavy atom. The van der Waals surface area contributed by atoms with E-state index in [0.29, 0.717) is 0 Å². The molecule has 1 saturated heterocycles. The highest BCUT2D eigenvalue weighted by Crippen LogP contribution is 2.45. The van der Waals surface area contributed by atoms with Crippen LogP contribution in [0.1, 0.15) is 50.7 Å². The largest absolute Gasteiger partial charge is 0.378 e. The van der Waals surface area contributed by atoms with E-state index < -0.39 is 0 Å². The first-order valence-corrected chi connectivity index (χ1v) is 10.7. The fourth-order valence-electron chi connectivity index (χ4n) is 4.45. The number of halogens is 1. The van der Waals surface area contributed by atoms with Gasteiger partial charge in [-0.25, -0.2) is 4.39 Å². The molecule has 2 aromatic rings. The first-order valence-electron chi connectivity index (χ1n) is 10.7. The summed E-state index contributed by atoms with van der Waals surface area (Å²) in [5, 5.41) is 3.62. The molecular formula is C25H35FN2O. The minimum atomic E-state index is -0.173. The van der Waals surface area contributed by atoms with E-state index in [2.05, 4.69) is 62.4 Å². The van der Waals surface area contributed by atoms with Gasteiger partial charge in [-0.05, 0) is 74.5 Å². The first-order chi connectivity index (χ1) is 13.9. The maximum atomic E-state index is 13.5. The van der Waals surface area contributed by atoms with E-state index in [1.807, 2.05) is 12.1 Å². The quantitative estimate of drug-likeness (QED) is 0.612. The van der Waals surface area contributed by atoms with Gasteiger partial charge >= 0.3 is 0 Å². The molecule has 0 aromatic heterocycles. The lowest BCUT2D eigenvalue weighted by Gasteiger charge is -2.47. The fourth-order valence-corrected chi connectivity index (χ4v) is 4.45. The molecular weight excluding hydrogens is 363 g/mol. The van der Waals surface area contributed by atoms with Crippen molar-refractivity contribution >= 4 is 5.69 Å². The molecule has 1 aliphatic rings. The summed E-state index contributed by atoms with van der Waals surface area (Å²) in [6, 6.07) is 15.8. The first kappa shape index (κ1) is 21.8. The number of hydrogen-bond donors (Lipinski definition) is 1. The molecule has 1 N–H and O–H groups in total. The normalized spacial score (nSPS) is 24.4. The molecule has 1 fully saturated rings. The molecule has 0 bridgehead atoms. The average molecular weight is 399 g/mol. The zero-order chi connectivity index (χ0) is 20.9. The Morgan fingerprint density at radius 3 is 2.38 bits per heavy atom. The van der Waals surface area contributed by atoms with Gasteiger partial charge in [0.05, 0.1) is 5.60 Å². The van der Waals surface area contributed by atoms with Crippen molar-refractivity contribution < 1.29 is 9.13 Å². The third kappa shape index (κ3) is 5.37. The summed E-state index contributed by atoms with van der Waals surface area (Å²) in [4.78, 5) is 2.11. The van der Waals surface area contributed by atoms with Gasteiger partial charge in [0.15, 0.2) is 0 Å². The van der Waals surface area contributed by atoms with Crippen LogP contribution in [0, 0.1) is 5.82 Å². The van der Waals surface area contributed by atoms with Gasteiger partial charge in [0.25, 0.3) is 0 Å². The number of rotatable bonds is 8. The molecule has 158 valence electrons.